The van der Waals surface area contributed by atoms with Crippen LogP contribution in [0.1, 0.15) is 25.7 Å². The minimum absolute atomic E-state index is 0.233. The lowest BCUT2D eigenvalue weighted by Gasteiger charge is -2.46. The Morgan fingerprint density at radius 3 is 3.17 bits per heavy atom. The van der Waals surface area contributed by atoms with E-state index >= 15 is 0 Å². The molecule has 1 spiro atoms. The predicted octanol–water partition coefficient (Wildman–Crippen LogP) is 3.62. The van der Waals surface area contributed by atoms with Crippen molar-refractivity contribution in [2.24, 2.45) is 0 Å². The van der Waals surface area contributed by atoms with Gasteiger partial charge in [-0.1, -0.05) is 42.5 Å². The van der Waals surface area contributed by atoms with Crippen LogP contribution in [0.3, 0.4) is 0 Å². The summed E-state index contributed by atoms with van der Waals surface area (Å²) >= 11 is 6.38. The maximum Gasteiger partial charge on any atom is 0.411 e. The first-order valence-corrected chi connectivity index (χ1v) is 6.65. The minimum atomic E-state index is -0.382. The van der Waals surface area contributed by atoms with E-state index in [1.54, 1.807) is 11.0 Å². The van der Waals surface area contributed by atoms with Crippen LogP contribution in [0.2, 0.25) is 0 Å². The first kappa shape index (κ1) is 13.2. The van der Waals surface area contributed by atoms with Crippen molar-refractivity contribution >= 4 is 17.7 Å². The van der Waals surface area contributed by atoms with Crippen LogP contribution < -0.4 is 0 Å². The molecule has 1 atom stereocenters. The highest BCUT2D eigenvalue weighted by Crippen LogP contribution is 2.42. The van der Waals surface area contributed by atoms with Gasteiger partial charge in [0.05, 0.1) is 5.54 Å². The zero-order valence-electron chi connectivity index (χ0n) is 10.4. The average Bonchev–Trinajstić information content (AvgIpc) is 2.40. The van der Waals surface area contributed by atoms with Crippen molar-refractivity contribution in [3.8, 4) is 0 Å². The van der Waals surface area contributed by atoms with Gasteiger partial charge in [-0.2, -0.15) is 0 Å². The highest BCUT2D eigenvalue weighted by atomic mass is 35.5. The summed E-state index contributed by atoms with van der Waals surface area (Å²) < 4.78 is 5.16. The number of carbonyl (C=O) groups is 1. The van der Waals surface area contributed by atoms with Gasteiger partial charge in [0.2, 0.25) is 0 Å². The number of allylic oxidation sites excluding steroid dienone is 1. The molecule has 0 aromatic heterocycles. The summed E-state index contributed by atoms with van der Waals surface area (Å²) in [6.07, 6.45) is 11.1. The van der Waals surface area contributed by atoms with Crippen molar-refractivity contribution in [2.75, 3.05) is 13.2 Å². The summed E-state index contributed by atoms with van der Waals surface area (Å²) in [5.41, 5.74) is -0.382. The second-order valence-electron chi connectivity index (χ2n) is 4.63. The normalized spacial score (nSPS) is 26.9. The summed E-state index contributed by atoms with van der Waals surface area (Å²) in [6.45, 7) is 4.34. The lowest BCUT2D eigenvalue weighted by atomic mass is 9.81. The quantitative estimate of drug-likeness (QED) is 0.715. The molecule has 0 bridgehead atoms. The number of hydrogen-bond acceptors (Lipinski definition) is 2. The van der Waals surface area contributed by atoms with Crippen LogP contribution in [0, 0.1) is 0 Å². The standard InChI is InChI=1S/C14H18ClNO2/c1-2-11-18-13(17)16-10-6-5-9-14(16)8-4-3-7-12(14)15/h2,5-7H,1,3-4,8-11H2. The summed E-state index contributed by atoms with van der Waals surface area (Å²) in [5, 5.41) is 0.772. The van der Waals surface area contributed by atoms with Gasteiger partial charge in [-0.25, -0.2) is 4.79 Å². The van der Waals surface area contributed by atoms with E-state index in [1.165, 1.54) is 0 Å². The van der Waals surface area contributed by atoms with Crippen LogP contribution in [-0.2, 0) is 4.74 Å². The molecule has 0 fully saturated rings. The Bertz CT molecular complexity index is 403. The van der Waals surface area contributed by atoms with Gasteiger partial charge in [-0.3, -0.25) is 4.90 Å². The molecule has 1 aliphatic carbocycles. The third-order valence-corrected chi connectivity index (χ3v) is 4.04. The first-order chi connectivity index (χ1) is 8.70. The highest BCUT2D eigenvalue weighted by Gasteiger charge is 2.44. The second kappa shape index (κ2) is 5.61. The van der Waals surface area contributed by atoms with E-state index in [4.69, 9.17) is 16.3 Å². The molecule has 98 valence electrons. The van der Waals surface area contributed by atoms with Crippen LogP contribution in [0.15, 0.2) is 35.9 Å². The molecular weight excluding hydrogens is 250 g/mol. The number of nitrogens with zero attached hydrogens (tertiary/aromatic N) is 1. The van der Waals surface area contributed by atoms with Crippen LogP contribution in [0.4, 0.5) is 4.79 Å². The topological polar surface area (TPSA) is 29.5 Å². The third kappa shape index (κ3) is 2.32. The molecule has 0 radical (unpaired) electrons. The van der Waals surface area contributed by atoms with Gasteiger partial charge in [0.25, 0.3) is 0 Å². The van der Waals surface area contributed by atoms with E-state index in [2.05, 4.69) is 12.7 Å². The van der Waals surface area contributed by atoms with Crippen molar-refractivity contribution in [3.05, 3.63) is 35.9 Å². The van der Waals surface area contributed by atoms with Crippen molar-refractivity contribution in [1.82, 2.24) is 4.90 Å². The zero-order chi connectivity index (χ0) is 13.0. The number of ether oxygens (including phenoxy) is 1. The Kier molecular flexibility index (Phi) is 4.12. The van der Waals surface area contributed by atoms with E-state index in [9.17, 15) is 4.79 Å². The zero-order valence-corrected chi connectivity index (χ0v) is 11.2. The van der Waals surface area contributed by atoms with Crippen molar-refractivity contribution in [3.63, 3.8) is 0 Å². The number of amides is 1. The fraction of sp³-hybridized carbons (Fsp3) is 0.500. The van der Waals surface area contributed by atoms with Crippen molar-refractivity contribution < 1.29 is 9.53 Å². The molecule has 1 heterocycles. The maximum absolute atomic E-state index is 12.1. The van der Waals surface area contributed by atoms with Crippen LogP contribution in [-0.4, -0.2) is 29.7 Å². The molecule has 18 heavy (non-hydrogen) atoms. The maximum atomic E-state index is 12.1. The summed E-state index contributed by atoms with van der Waals surface area (Å²) in [6, 6.07) is 0. The molecule has 3 nitrogen and oxygen atoms in total. The van der Waals surface area contributed by atoms with Gasteiger partial charge >= 0.3 is 6.09 Å². The fourth-order valence-corrected chi connectivity index (χ4v) is 2.98. The summed E-state index contributed by atoms with van der Waals surface area (Å²) in [5.74, 6) is 0. The lowest BCUT2D eigenvalue weighted by molar-refractivity contribution is 0.0691. The molecule has 0 aromatic rings. The molecule has 1 unspecified atom stereocenters. The van der Waals surface area contributed by atoms with Crippen molar-refractivity contribution in [1.29, 1.82) is 0 Å². The predicted molar refractivity (Wildman–Crippen MR) is 72.5 cm³/mol. The molecule has 2 aliphatic rings. The smallest absolute Gasteiger partial charge is 0.411 e. The minimum Gasteiger partial charge on any atom is -0.445 e. The van der Waals surface area contributed by atoms with E-state index in [0.717, 1.165) is 30.7 Å². The highest BCUT2D eigenvalue weighted by molar-refractivity contribution is 6.31. The average molecular weight is 268 g/mol. The largest absolute Gasteiger partial charge is 0.445 e. The molecule has 4 heteroatoms. The molecule has 0 saturated carbocycles. The van der Waals surface area contributed by atoms with Crippen molar-refractivity contribution in [2.45, 2.75) is 31.2 Å². The molecule has 1 amide bonds. The Balaban J connectivity index is 2.23. The molecule has 0 saturated heterocycles. The first-order valence-electron chi connectivity index (χ1n) is 6.27. The fourth-order valence-electron chi connectivity index (χ4n) is 2.60. The van der Waals surface area contributed by atoms with Crippen LogP contribution >= 0.6 is 11.6 Å². The lowest BCUT2D eigenvalue weighted by Crippen LogP contribution is -2.54. The number of rotatable bonds is 2. The van der Waals surface area contributed by atoms with Gasteiger partial charge in [0, 0.05) is 11.6 Å². The third-order valence-electron chi connectivity index (χ3n) is 3.53. The van der Waals surface area contributed by atoms with E-state index in [0.29, 0.717) is 6.54 Å². The SMILES string of the molecule is C=CCOC(=O)N1CC=CCC12CCCC=C2Cl. The molecule has 1 aliphatic heterocycles. The Labute approximate surface area is 113 Å². The van der Waals surface area contributed by atoms with Gasteiger partial charge in [0.15, 0.2) is 0 Å². The number of halogens is 1. The Morgan fingerprint density at radius 2 is 2.44 bits per heavy atom. The molecule has 0 aromatic carbocycles. The molecule has 0 N–H and O–H groups in total. The Morgan fingerprint density at radius 1 is 1.61 bits per heavy atom. The number of carbonyl (C=O) groups excluding carboxylic acids is 1. The van der Waals surface area contributed by atoms with E-state index < -0.39 is 0 Å². The molecule has 2 rings (SSSR count). The van der Waals surface area contributed by atoms with Gasteiger partial charge < -0.3 is 4.74 Å². The van der Waals surface area contributed by atoms with E-state index in [1.807, 2.05) is 12.2 Å². The van der Waals surface area contributed by atoms with Gasteiger partial charge in [-0.05, 0) is 25.7 Å². The second-order valence-corrected chi connectivity index (χ2v) is 5.03. The number of hydrogen-bond donors (Lipinski definition) is 0. The van der Waals surface area contributed by atoms with E-state index in [-0.39, 0.29) is 18.2 Å². The monoisotopic (exact) mass is 267 g/mol. The van der Waals surface area contributed by atoms with Gasteiger partial charge in [-0.15, -0.1) is 0 Å². The summed E-state index contributed by atoms with van der Waals surface area (Å²) in [7, 11) is 0. The summed E-state index contributed by atoms with van der Waals surface area (Å²) in [4.78, 5) is 13.9. The van der Waals surface area contributed by atoms with Gasteiger partial charge in [0.1, 0.15) is 6.61 Å². The Hall–Kier alpha value is -1.22. The van der Waals surface area contributed by atoms with Crippen LogP contribution in [0.25, 0.3) is 0 Å². The molecular formula is C14H18ClNO2. The van der Waals surface area contributed by atoms with Crippen LogP contribution in [0.5, 0.6) is 0 Å².